The number of hydrogen-bond acceptors (Lipinski definition) is 6. The standard InChI is InChI=1S/C24H15Cl4N3O3S/c1-2-34-24(33)20-19(12-4-6-15(26)17(28)9-12)13(10-29)21(30)31-22(32)18(35-23(20)31)8-11-3-5-14(25)16(27)7-11/h3-9,19H,2,30H2,1H3/b18-8-/t19-/m1/s1. The molecular formula is C24H15Cl4N3O3S. The highest BCUT2D eigenvalue weighted by atomic mass is 35.5. The van der Waals surface area contributed by atoms with Crippen LogP contribution in [0.1, 0.15) is 24.0 Å². The lowest BCUT2D eigenvalue weighted by Crippen LogP contribution is -2.40. The molecule has 1 atom stereocenters. The molecule has 35 heavy (non-hydrogen) atoms. The molecule has 178 valence electrons. The van der Waals surface area contributed by atoms with Crippen LogP contribution >= 0.6 is 57.7 Å². The number of halogens is 4. The van der Waals surface area contributed by atoms with Gasteiger partial charge >= 0.3 is 5.97 Å². The second-order valence-corrected chi connectivity index (χ2v) is 10.0. The van der Waals surface area contributed by atoms with E-state index in [0.717, 1.165) is 15.9 Å². The second-order valence-electron chi connectivity index (χ2n) is 7.38. The smallest absolute Gasteiger partial charge is 0.338 e. The summed E-state index contributed by atoms with van der Waals surface area (Å²) in [5, 5.41) is 11.3. The number of thiazole rings is 1. The Morgan fingerprint density at radius 2 is 1.80 bits per heavy atom. The van der Waals surface area contributed by atoms with Gasteiger partial charge in [0.05, 0.1) is 54.4 Å². The van der Waals surface area contributed by atoms with Crippen LogP contribution in [-0.2, 0) is 9.53 Å². The monoisotopic (exact) mass is 565 g/mol. The van der Waals surface area contributed by atoms with Gasteiger partial charge in [0.25, 0.3) is 5.56 Å². The second kappa shape index (κ2) is 10.1. The van der Waals surface area contributed by atoms with Crippen LogP contribution in [0.25, 0.3) is 17.5 Å². The Morgan fingerprint density at radius 1 is 1.14 bits per heavy atom. The molecule has 0 saturated heterocycles. The molecule has 0 fully saturated rings. The van der Waals surface area contributed by atoms with E-state index in [9.17, 15) is 14.9 Å². The van der Waals surface area contributed by atoms with Crippen LogP contribution in [-0.4, -0.2) is 17.1 Å². The van der Waals surface area contributed by atoms with Gasteiger partial charge < -0.3 is 10.5 Å². The lowest BCUT2D eigenvalue weighted by molar-refractivity contribution is -0.136. The van der Waals surface area contributed by atoms with E-state index in [0.29, 0.717) is 26.2 Å². The third kappa shape index (κ3) is 4.61. The Balaban J connectivity index is 2.09. The Hall–Kier alpha value is -2.73. The molecule has 11 heteroatoms. The lowest BCUT2D eigenvalue weighted by Gasteiger charge is -2.25. The molecule has 0 radical (unpaired) electrons. The third-order valence-electron chi connectivity index (χ3n) is 5.28. The van der Waals surface area contributed by atoms with Crippen molar-refractivity contribution in [2.45, 2.75) is 12.8 Å². The van der Waals surface area contributed by atoms with Crippen LogP contribution in [0, 0.1) is 11.3 Å². The lowest BCUT2D eigenvalue weighted by atomic mass is 9.84. The van der Waals surface area contributed by atoms with Gasteiger partial charge in [-0.25, -0.2) is 4.79 Å². The quantitative estimate of drug-likeness (QED) is 0.468. The first-order chi connectivity index (χ1) is 16.7. The van der Waals surface area contributed by atoms with Gasteiger partial charge in [0.15, 0.2) is 0 Å². The van der Waals surface area contributed by atoms with E-state index in [-0.39, 0.29) is 37.8 Å². The molecular weight excluding hydrogens is 552 g/mol. The predicted octanol–water partition coefficient (Wildman–Crippen LogP) is 4.51. The number of carbonyl (C=O) groups is 1. The summed E-state index contributed by atoms with van der Waals surface area (Å²) in [5.41, 5.74) is 7.09. The number of hydrogen-bond donors (Lipinski definition) is 1. The van der Waals surface area contributed by atoms with Crippen LogP contribution in [0.3, 0.4) is 0 Å². The number of aromatic nitrogens is 1. The number of carbonyl (C=O) groups excluding carboxylic acids is 1. The number of allylic oxidation sites excluding steroid dienone is 1. The SMILES string of the molecule is CCOC(=O)C1=c2s/c(=C\c3ccc(Cl)c(Cl)c3)c(=O)n2C(N)=C(C#N)[C@H]1c1ccc(Cl)c(Cl)c1. The minimum Gasteiger partial charge on any atom is -0.463 e. The van der Waals surface area contributed by atoms with E-state index in [1.165, 1.54) is 0 Å². The van der Waals surface area contributed by atoms with E-state index in [2.05, 4.69) is 6.07 Å². The van der Waals surface area contributed by atoms with Crippen molar-refractivity contribution in [3.63, 3.8) is 0 Å². The van der Waals surface area contributed by atoms with Gasteiger partial charge in [-0.1, -0.05) is 58.5 Å². The molecule has 1 aromatic heterocycles. The minimum absolute atomic E-state index is 0.0138. The number of rotatable bonds is 4. The Morgan fingerprint density at radius 3 is 2.40 bits per heavy atom. The molecule has 2 aromatic carbocycles. The molecule has 2 N–H and O–H groups in total. The largest absolute Gasteiger partial charge is 0.463 e. The maximum absolute atomic E-state index is 13.4. The van der Waals surface area contributed by atoms with Gasteiger partial charge in [-0.2, -0.15) is 5.26 Å². The van der Waals surface area contributed by atoms with Crippen molar-refractivity contribution in [1.29, 1.82) is 5.26 Å². The normalized spacial score (nSPS) is 15.7. The van der Waals surface area contributed by atoms with Crippen molar-refractivity contribution in [2.24, 2.45) is 5.73 Å². The Labute approximate surface area is 223 Å². The van der Waals surface area contributed by atoms with Crippen molar-refractivity contribution >= 4 is 81.2 Å². The molecule has 1 aliphatic rings. The number of esters is 1. The van der Waals surface area contributed by atoms with Crippen molar-refractivity contribution in [3.05, 3.63) is 92.7 Å². The van der Waals surface area contributed by atoms with E-state index >= 15 is 0 Å². The van der Waals surface area contributed by atoms with Gasteiger partial charge in [-0.05, 0) is 48.4 Å². The average Bonchev–Trinajstić information content (AvgIpc) is 3.14. The number of benzene rings is 2. The maximum atomic E-state index is 13.4. The van der Waals surface area contributed by atoms with Gasteiger partial charge in [0.2, 0.25) is 0 Å². The van der Waals surface area contributed by atoms with E-state index in [1.807, 2.05) is 0 Å². The van der Waals surface area contributed by atoms with Crippen LogP contribution in [0.2, 0.25) is 20.1 Å². The zero-order valence-corrected chi connectivity index (χ0v) is 21.8. The highest BCUT2D eigenvalue weighted by Crippen LogP contribution is 2.38. The highest BCUT2D eigenvalue weighted by Gasteiger charge is 2.36. The van der Waals surface area contributed by atoms with E-state index in [1.54, 1.807) is 49.4 Å². The number of fused-ring (bicyclic) bond motifs is 1. The first kappa shape index (κ1) is 25.4. The van der Waals surface area contributed by atoms with Crippen LogP contribution in [0.5, 0.6) is 0 Å². The van der Waals surface area contributed by atoms with Crippen LogP contribution < -0.4 is 20.5 Å². The van der Waals surface area contributed by atoms with Crippen molar-refractivity contribution in [1.82, 2.24) is 4.57 Å². The van der Waals surface area contributed by atoms with Crippen molar-refractivity contribution in [3.8, 4) is 6.07 Å². The zero-order chi connectivity index (χ0) is 25.4. The highest BCUT2D eigenvalue weighted by molar-refractivity contribution is 7.07. The maximum Gasteiger partial charge on any atom is 0.338 e. The molecule has 0 saturated carbocycles. The van der Waals surface area contributed by atoms with Crippen molar-refractivity contribution < 1.29 is 9.53 Å². The van der Waals surface area contributed by atoms with Gasteiger partial charge in [0, 0.05) is 0 Å². The fourth-order valence-electron chi connectivity index (χ4n) is 3.73. The fraction of sp³-hybridized carbons (Fsp3) is 0.125. The third-order valence-corrected chi connectivity index (χ3v) is 7.87. The van der Waals surface area contributed by atoms with Crippen molar-refractivity contribution in [2.75, 3.05) is 6.61 Å². The molecule has 2 heterocycles. The summed E-state index contributed by atoms with van der Waals surface area (Å²) < 4.78 is 7.00. The molecule has 3 aromatic rings. The number of nitrogens with zero attached hydrogens (tertiary/aromatic N) is 2. The first-order valence-corrected chi connectivity index (χ1v) is 12.5. The molecule has 0 bridgehead atoms. The topological polar surface area (TPSA) is 98.1 Å². The summed E-state index contributed by atoms with van der Waals surface area (Å²) in [6, 6.07) is 11.7. The van der Waals surface area contributed by atoms with Crippen LogP contribution in [0.15, 0.2) is 46.8 Å². The molecule has 0 unspecified atom stereocenters. The summed E-state index contributed by atoms with van der Waals surface area (Å²) in [7, 11) is 0. The number of ether oxygens (including phenoxy) is 1. The van der Waals surface area contributed by atoms with Gasteiger partial charge in [-0.3, -0.25) is 9.36 Å². The summed E-state index contributed by atoms with van der Waals surface area (Å²) >= 11 is 25.5. The summed E-state index contributed by atoms with van der Waals surface area (Å²) in [6.45, 7) is 1.76. The van der Waals surface area contributed by atoms with E-state index in [4.69, 9.17) is 56.9 Å². The molecule has 0 amide bonds. The predicted molar refractivity (Wildman–Crippen MR) is 140 cm³/mol. The van der Waals surface area contributed by atoms with Gasteiger partial charge in [-0.15, -0.1) is 11.3 Å². The van der Waals surface area contributed by atoms with Crippen LogP contribution in [0.4, 0.5) is 0 Å². The zero-order valence-electron chi connectivity index (χ0n) is 17.9. The summed E-state index contributed by atoms with van der Waals surface area (Å²) in [4.78, 5) is 26.5. The summed E-state index contributed by atoms with van der Waals surface area (Å²) in [6.07, 6.45) is 1.61. The molecule has 4 rings (SSSR count). The molecule has 6 nitrogen and oxygen atoms in total. The fourth-order valence-corrected chi connectivity index (χ4v) is 5.51. The van der Waals surface area contributed by atoms with Gasteiger partial charge in [0.1, 0.15) is 10.5 Å². The Bertz CT molecular complexity index is 1630. The summed E-state index contributed by atoms with van der Waals surface area (Å²) in [5.74, 6) is -1.67. The Kier molecular flexibility index (Phi) is 7.32. The molecule has 0 aliphatic carbocycles. The molecule has 1 aliphatic heterocycles. The molecule has 0 spiro atoms. The first-order valence-electron chi connectivity index (χ1n) is 10.1. The number of nitrogens with two attached hydrogens (primary N) is 1. The van der Waals surface area contributed by atoms with E-state index < -0.39 is 17.4 Å². The average molecular weight is 567 g/mol. The minimum atomic E-state index is -0.912. The number of nitriles is 1.